The number of halogens is 3. The molecule has 0 saturated carbocycles. The first-order valence-electron chi connectivity index (χ1n) is 38.7. The van der Waals surface area contributed by atoms with E-state index in [0.29, 0.717) is 91.4 Å². The first-order chi connectivity index (χ1) is 60.4. The average molecular weight is 1700 g/mol. The number of ether oxygens (including phenoxy) is 4. The number of nitriles is 2. The minimum absolute atomic E-state index is 0.0559. The predicted molar refractivity (Wildman–Crippen MR) is 473 cm³/mol. The number of aliphatic hydroxyl groups excluding tert-OH is 2. The molecular formula is C96H77Cl2FN16O10. The molecule has 0 aliphatic heterocycles. The number of benzene rings is 8. The maximum absolute atomic E-state index is 14.8. The summed E-state index contributed by atoms with van der Waals surface area (Å²) in [6, 6.07) is 67.4. The number of carbonyl (C=O) groups is 4. The van der Waals surface area contributed by atoms with E-state index in [9.17, 15) is 33.8 Å². The Balaban J connectivity index is 0.000000143. The zero-order valence-electron chi connectivity index (χ0n) is 67.5. The molecule has 2 atom stereocenters. The smallest absolute Gasteiger partial charge is 0.267 e. The number of aliphatic hydroxyl groups is 2. The average Bonchev–Trinajstić information content (AvgIpc) is 0.770. The molecule has 125 heavy (non-hydrogen) atoms. The van der Waals surface area contributed by atoms with Gasteiger partial charge in [-0.25, -0.2) is 54.2 Å². The van der Waals surface area contributed by atoms with Crippen LogP contribution in [-0.4, -0.2) is 112 Å². The first-order valence-corrected chi connectivity index (χ1v) is 39.4. The number of aryl methyl sites for hydroxylation is 4. The van der Waals surface area contributed by atoms with Crippen molar-refractivity contribution in [1.29, 1.82) is 10.5 Å². The third-order valence-corrected chi connectivity index (χ3v) is 20.8. The molecule has 622 valence electrons. The lowest BCUT2D eigenvalue weighted by Crippen LogP contribution is -2.13. The van der Waals surface area contributed by atoms with Gasteiger partial charge in [0, 0.05) is 83.2 Å². The number of nitrogens with zero attached hydrogens (tertiary/aromatic N) is 12. The van der Waals surface area contributed by atoms with Crippen molar-refractivity contribution in [2.45, 2.75) is 50.7 Å². The van der Waals surface area contributed by atoms with Crippen LogP contribution < -0.4 is 41.9 Å². The predicted octanol–water partition coefficient (Wildman–Crippen LogP) is 15.7. The normalized spacial score (nSPS) is 11.3. The molecule has 8 heterocycles. The largest absolute Gasteiger partial charge is 0.497 e. The maximum atomic E-state index is 14.8. The van der Waals surface area contributed by atoms with E-state index in [0.717, 1.165) is 113 Å². The molecule has 0 bridgehead atoms. The summed E-state index contributed by atoms with van der Waals surface area (Å²) in [7, 11) is 6.30. The van der Waals surface area contributed by atoms with Crippen molar-refractivity contribution in [1.82, 2.24) is 49.8 Å². The van der Waals surface area contributed by atoms with Gasteiger partial charge in [-0.1, -0.05) is 120 Å². The van der Waals surface area contributed by atoms with Gasteiger partial charge in [-0.3, -0.25) is 19.2 Å². The van der Waals surface area contributed by atoms with Crippen LogP contribution in [0, 0.1) is 28.5 Å². The summed E-state index contributed by atoms with van der Waals surface area (Å²) in [6.45, 7) is 0. The zero-order chi connectivity index (χ0) is 88.4. The van der Waals surface area contributed by atoms with Gasteiger partial charge >= 0.3 is 0 Å². The Labute approximate surface area is 725 Å². The lowest BCUT2D eigenvalue weighted by atomic mass is 9.96. The van der Waals surface area contributed by atoms with Crippen LogP contribution in [0.15, 0.2) is 250 Å². The quantitative estimate of drug-likeness (QED) is 0.0306. The second-order valence-corrected chi connectivity index (χ2v) is 29.2. The van der Waals surface area contributed by atoms with Crippen molar-refractivity contribution < 1.29 is 52.7 Å². The minimum Gasteiger partial charge on any atom is -0.497 e. The van der Waals surface area contributed by atoms with E-state index in [1.54, 1.807) is 113 Å². The number of hydrogen-bond acceptors (Lipinski definition) is 22. The number of rotatable bonds is 24. The molecular weight excluding hydrogens is 1630 g/mol. The number of methoxy groups -OCH3 is 4. The van der Waals surface area contributed by atoms with Crippen LogP contribution in [0.2, 0.25) is 10.3 Å². The van der Waals surface area contributed by atoms with Crippen LogP contribution in [-0.2, 0) is 38.5 Å². The second kappa shape index (κ2) is 40.1. The number of primary amides is 4. The molecule has 8 aromatic carbocycles. The molecule has 26 nitrogen and oxygen atoms in total. The molecule has 8 aromatic heterocycles. The van der Waals surface area contributed by atoms with Crippen LogP contribution in [0.5, 0.6) is 23.0 Å². The third-order valence-electron chi connectivity index (χ3n) is 20.3. The highest BCUT2D eigenvalue weighted by Crippen LogP contribution is 2.38. The molecule has 0 aliphatic carbocycles. The van der Waals surface area contributed by atoms with Crippen molar-refractivity contribution in [3.05, 3.63) is 345 Å². The van der Waals surface area contributed by atoms with E-state index in [1.165, 1.54) is 19.2 Å². The van der Waals surface area contributed by atoms with Crippen LogP contribution in [0.3, 0.4) is 0 Å². The molecule has 0 aliphatic rings. The number of amides is 4. The van der Waals surface area contributed by atoms with Crippen LogP contribution >= 0.6 is 23.2 Å². The van der Waals surface area contributed by atoms with Crippen LogP contribution in [0.4, 0.5) is 4.39 Å². The Hall–Kier alpha value is -15.7. The van der Waals surface area contributed by atoms with Crippen molar-refractivity contribution in [2.24, 2.45) is 22.9 Å². The Morgan fingerprint density at radius 2 is 0.648 bits per heavy atom. The lowest BCUT2D eigenvalue weighted by molar-refractivity contribution is 0.0987. The van der Waals surface area contributed by atoms with Crippen molar-refractivity contribution in [2.75, 3.05) is 28.4 Å². The topological polar surface area (TPSA) is 426 Å². The van der Waals surface area contributed by atoms with Gasteiger partial charge in [-0.05, 0) is 218 Å². The fourth-order valence-electron chi connectivity index (χ4n) is 13.8. The van der Waals surface area contributed by atoms with Crippen molar-refractivity contribution >= 4 is 90.4 Å². The van der Waals surface area contributed by atoms with Gasteiger partial charge < -0.3 is 52.1 Å². The fourth-order valence-corrected chi connectivity index (χ4v) is 14.0. The molecule has 0 radical (unpaired) electrons. The molecule has 16 rings (SSSR count). The summed E-state index contributed by atoms with van der Waals surface area (Å²) < 4.78 is 35.5. The number of fused-ring (bicyclic) bond motifs is 4. The van der Waals surface area contributed by atoms with Crippen LogP contribution in [0.25, 0.3) is 88.1 Å². The van der Waals surface area contributed by atoms with Crippen LogP contribution in [0.1, 0.15) is 110 Å². The van der Waals surface area contributed by atoms with Gasteiger partial charge in [-0.15, -0.1) is 0 Å². The van der Waals surface area contributed by atoms with Gasteiger partial charge in [0.25, 0.3) is 23.6 Å². The molecule has 0 fully saturated rings. The number of pyridine rings is 6. The highest BCUT2D eigenvalue weighted by Gasteiger charge is 2.22. The summed E-state index contributed by atoms with van der Waals surface area (Å²) in [5.74, 6) is -0.0655. The van der Waals surface area contributed by atoms with E-state index in [1.807, 2.05) is 158 Å². The number of aromatic nitrogens is 10. The van der Waals surface area contributed by atoms with Gasteiger partial charge in [-0.2, -0.15) is 10.5 Å². The summed E-state index contributed by atoms with van der Waals surface area (Å²) in [5.41, 5.74) is 38.1. The molecule has 16 aromatic rings. The lowest BCUT2D eigenvalue weighted by Gasteiger charge is -2.14. The Kier molecular flexibility index (Phi) is 28.0. The van der Waals surface area contributed by atoms with Gasteiger partial charge in [0.2, 0.25) is 11.6 Å². The second-order valence-electron chi connectivity index (χ2n) is 28.4. The molecule has 0 spiro atoms. The molecule has 4 amide bonds. The molecule has 2 unspecified atom stereocenters. The Bertz CT molecular complexity index is 6580. The van der Waals surface area contributed by atoms with E-state index >= 15 is 0 Å². The van der Waals surface area contributed by atoms with Crippen molar-refractivity contribution in [3.63, 3.8) is 0 Å². The number of nitrogens with two attached hydrogens (primary N) is 4. The Morgan fingerprint density at radius 3 is 0.960 bits per heavy atom. The SMILES string of the molecule is COc1ccc(-c2cc(C(N)=O)nc3cc(C(O)Cc4ccc(Cl)nc4)ccc23)cc1.COc1ccc(-c2cc(C(N)=O)nc3cc(C(O)Cc4ccc(Cl)nc4)ccc23)cc1.COc1ccc(-c2cc(C(N)=O)nc3cc(CCc4cnc(C#N)nc4)ccc23)c(F)c1.COc1ccc(-c2cc(C(N)=O)nc3cc(CCc4cnc(C#N)nc4)ccc23)cc1. The summed E-state index contributed by atoms with van der Waals surface area (Å²) >= 11 is 11.7. The maximum Gasteiger partial charge on any atom is 0.267 e. The van der Waals surface area contributed by atoms with Gasteiger partial charge in [0.05, 0.1) is 62.7 Å². The summed E-state index contributed by atoms with van der Waals surface area (Å²) in [6.07, 6.45) is 11.8. The highest BCUT2D eigenvalue weighted by molar-refractivity contribution is 6.29. The monoisotopic (exact) mass is 1700 g/mol. The zero-order valence-corrected chi connectivity index (χ0v) is 69.1. The van der Waals surface area contributed by atoms with E-state index in [4.69, 9.17) is 75.6 Å². The van der Waals surface area contributed by atoms with Gasteiger partial charge in [0.1, 0.15) is 74.0 Å². The van der Waals surface area contributed by atoms with E-state index in [2.05, 4.69) is 49.8 Å². The number of carbonyl (C=O) groups excluding carboxylic acids is 4. The standard InChI is InChI=1S/2C24H20ClN3O3.C24H18FN5O2.C24H19N5O2/c2*1-31-17-6-3-15(4-7-17)19-12-21(24(26)30)28-20-11-16(5-8-18(19)20)22(29)10-14-2-9-23(25)27-13-14;1-32-16-5-7-17(20(25)9-16)19-10-22(24(27)31)30-21-8-14(4-6-18(19)21)2-3-15-12-28-23(11-26)29-13-15;1-31-18-7-5-17(6-8-18)20-11-22(24(26)30)29-21-10-15(4-9-19(20)21)2-3-16-13-27-23(12-25)28-14-16/h2*2-9,11-13,22,29H,10H2,1H3,(H2,26,30);4-10,12-13H,2-3H2,1H3,(H2,27,31);4-11,13-14H,2-3H2,1H3,(H2,26,30). The molecule has 29 heteroatoms. The van der Waals surface area contributed by atoms with E-state index in [-0.39, 0.29) is 34.4 Å². The van der Waals surface area contributed by atoms with Gasteiger partial charge in [0.15, 0.2) is 0 Å². The Morgan fingerprint density at radius 1 is 0.352 bits per heavy atom. The summed E-state index contributed by atoms with van der Waals surface area (Å²) in [4.78, 5) is 89.3. The third kappa shape index (κ3) is 21.8. The van der Waals surface area contributed by atoms with Crippen molar-refractivity contribution in [3.8, 4) is 79.6 Å². The summed E-state index contributed by atoms with van der Waals surface area (Å²) in [5, 5.41) is 43.2. The van der Waals surface area contributed by atoms with E-state index < -0.39 is 41.7 Å². The minimum atomic E-state index is -0.768. The highest BCUT2D eigenvalue weighted by atomic mass is 35.5. The molecule has 0 saturated heterocycles. The first kappa shape index (κ1) is 87.2. The fraction of sp³-hybridized carbons (Fsp3) is 0.125. The molecule has 10 N–H and O–H groups in total. The number of hydrogen-bond donors (Lipinski definition) is 6.